The Morgan fingerprint density at radius 2 is 1.81 bits per heavy atom. The van der Waals surface area contributed by atoms with Gasteiger partial charge in [-0.2, -0.15) is 13.2 Å². The average Bonchev–Trinajstić information content (AvgIpc) is 3.02. The van der Waals surface area contributed by atoms with Crippen LogP contribution >= 0.6 is 0 Å². The van der Waals surface area contributed by atoms with Crippen molar-refractivity contribution in [1.82, 2.24) is 15.2 Å². The van der Waals surface area contributed by atoms with E-state index in [4.69, 9.17) is 0 Å². The largest absolute Gasteiger partial charge is 0.433 e. The lowest BCUT2D eigenvalue weighted by molar-refractivity contribution is -0.141. The van der Waals surface area contributed by atoms with Gasteiger partial charge in [0.2, 0.25) is 5.91 Å². The van der Waals surface area contributed by atoms with E-state index in [0.717, 1.165) is 51.3 Å². The highest BCUT2D eigenvalue weighted by atomic mass is 19.4. The van der Waals surface area contributed by atoms with Crippen LogP contribution < -0.4 is 10.6 Å². The summed E-state index contributed by atoms with van der Waals surface area (Å²) in [6.45, 7) is 3.33. The maximum absolute atomic E-state index is 12.9. The number of hydrogen-bond acceptors (Lipinski definition) is 4. The van der Waals surface area contributed by atoms with Gasteiger partial charge in [-0.25, -0.2) is 4.98 Å². The van der Waals surface area contributed by atoms with Crippen molar-refractivity contribution in [2.24, 2.45) is 5.92 Å². The zero-order chi connectivity index (χ0) is 19.6. The Bertz CT molecular complexity index is 671. The van der Waals surface area contributed by atoms with Gasteiger partial charge < -0.3 is 15.5 Å². The molecule has 1 aliphatic carbocycles. The number of amides is 1. The van der Waals surface area contributed by atoms with Crippen molar-refractivity contribution >= 4 is 11.6 Å². The number of likely N-dealkylation sites (tertiary alicyclic amines) is 1. The molecule has 8 heteroatoms. The summed E-state index contributed by atoms with van der Waals surface area (Å²) in [4.78, 5) is 18.1. The van der Waals surface area contributed by atoms with Crippen LogP contribution in [-0.4, -0.2) is 48.0 Å². The molecule has 1 aliphatic heterocycles. The van der Waals surface area contributed by atoms with Gasteiger partial charge in [-0.05, 0) is 64.8 Å². The molecule has 3 rings (SSSR count). The van der Waals surface area contributed by atoms with Crippen molar-refractivity contribution in [1.29, 1.82) is 0 Å². The minimum atomic E-state index is -4.45. The van der Waals surface area contributed by atoms with Crippen molar-refractivity contribution in [2.45, 2.75) is 57.3 Å². The van der Waals surface area contributed by atoms with E-state index in [9.17, 15) is 18.0 Å². The molecule has 0 radical (unpaired) electrons. The molecule has 1 amide bonds. The number of rotatable bonds is 4. The Morgan fingerprint density at radius 3 is 2.41 bits per heavy atom. The Balaban J connectivity index is 1.50. The van der Waals surface area contributed by atoms with Gasteiger partial charge >= 0.3 is 6.18 Å². The summed E-state index contributed by atoms with van der Waals surface area (Å²) in [7, 11) is 2.02. The lowest BCUT2D eigenvalue weighted by atomic mass is 9.90. The maximum atomic E-state index is 12.9. The first kappa shape index (κ1) is 19.9. The van der Waals surface area contributed by atoms with E-state index in [0.29, 0.717) is 11.4 Å². The van der Waals surface area contributed by atoms with E-state index in [-0.39, 0.29) is 23.9 Å². The van der Waals surface area contributed by atoms with Crippen LogP contribution in [0.15, 0.2) is 12.1 Å². The van der Waals surface area contributed by atoms with Crippen LogP contribution in [0.5, 0.6) is 0 Å². The Kier molecular flexibility index (Phi) is 5.93. The molecule has 27 heavy (non-hydrogen) atoms. The maximum Gasteiger partial charge on any atom is 0.433 e. The van der Waals surface area contributed by atoms with E-state index < -0.39 is 11.9 Å². The van der Waals surface area contributed by atoms with Gasteiger partial charge in [0.1, 0.15) is 5.69 Å². The van der Waals surface area contributed by atoms with E-state index in [1.54, 1.807) is 13.0 Å². The number of nitrogens with zero attached hydrogens (tertiary/aromatic N) is 2. The number of halogens is 3. The second-order valence-electron chi connectivity index (χ2n) is 7.83. The molecule has 1 unspecified atom stereocenters. The van der Waals surface area contributed by atoms with Gasteiger partial charge in [-0.1, -0.05) is 0 Å². The molecular weight excluding hydrogens is 357 g/mol. The van der Waals surface area contributed by atoms with Crippen LogP contribution in [0.4, 0.5) is 18.9 Å². The number of carbonyl (C=O) groups excluding carboxylic acids is 1. The van der Waals surface area contributed by atoms with Crippen LogP contribution in [0.3, 0.4) is 0 Å². The Hall–Kier alpha value is -1.83. The lowest BCUT2D eigenvalue weighted by Gasteiger charge is -2.31. The van der Waals surface area contributed by atoms with Crippen molar-refractivity contribution in [3.8, 4) is 0 Å². The summed E-state index contributed by atoms with van der Waals surface area (Å²) >= 11 is 0. The molecule has 0 aromatic carbocycles. The topological polar surface area (TPSA) is 57.3 Å². The van der Waals surface area contributed by atoms with Gasteiger partial charge in [-0.15, -0.1) is 0 Å². The number of hydrogen-bond donors (Lipinski definition) is 2. The predicted octanol–water partition coefficient (Wildman–Crippen LogP) is 3.20. The third-order valence-electron chi connectivity index (χ3n) is 5.45. The van der Waals surface area contributed by atoms with E-state index in [2.05, 4.69) is 20.5 Å². The Morgan fingerprint density at radius 1 is 1.15 bits per heavy atom. The minimum absolute atomic E-state index is 0.0754. The van der Waals surface area contributed by atoms with Gasteiger partial charge in [0, 0.05) is 30.0 Å². The first-order chi connectivity index (χ1) is 12.7. The molecule has 2 fully saturated rings. The molecule has 5 nitrogen and oxygen atoms in total. The number of alkyl halides is 3. The third kappa shape index (κ3) is 5.34. The summed E-state index contributed by atoms with van der Waals surface area (Å²) < 4.78 is 38.8. The molecule has 150 valence electrons. The van der Waals surface area contributed by atoms with Gasteiger partial charge in [0.25, 0.3) is 0 Å². The summed E-state index contributed by atoms with van der Waals surface area (Å²) in [6, 6.07) is 2.97. The molecule has 1 aromatic heterocycles. The number of aromatic nitrogens is 1. The normalized spacial score (nSPS) is 26.8. The fourth-order valence-corrected chi connectivity index (χ4v) is 3.98. The summed E-state index contributed by atoms with van der Waals surface area (Å²) in [5, 5.41) is 6.36. The van der Waals surface area contributed by atoms with Crippen LogP contribution in [0, 0.1) is 12.8 Å². The molecule has 0 bridgehead atoms. The first-order valence-electron chi connectivity index (χ1n) is 9.52. The second-order valence-corrected chi connectivity index (χ2v) is 7.83. The highest BCUT2D eigenvalue weighted by Crippen LogP contribution is 2.31. The van der Waals surface area contributed by atoms with Crippen molar-refractivity contribution in [3.05, 3.63) is 23.5 Å². The molecule has 1 saturated carbocycles. The van der Waals surface area contributed by atoms with Gasteiger partial charge in [0.15, 0.2) is 0 Å². The van der Waals surface area contributed by atoms with E-state index in [1.165, 1.54) is 0 Å². The van der Waals surface area contributed by atoms with E-state index >= 15 is 0 Å². The van der Waals surface area contributed by atoms with Crippen molar-refractivity contribution in [2.75, 3.05) is 25.5 Å². The highest BCUT2D eigenvalue weighted by molar-refractivity contribution is 5.79. The van der Waals surface area contributed by atoms with Crippen LogP contribution in [0.1, 0.15) is 43.5 Å². The molecule has 2 N–H and O–H groups in total. The zero-order valence-electron chi connectivity index (χ0n) is 15.8. The van der Waals surface area contributed by atoms with Crippen LogP contribution in [0.25, 0.3) is 0 Å². The van der Waals surface area contributed by atoms with Gasteiger partial charge in [-0.3, -0.25) is 4.79 Å². The lowest BCUT2D eigenvalue weighted by Crippen LogP contribution is -2.43. The molecular formula is C19H27F3N4O. The minimum Gasteiger partial charge on any atom is -0.382 e. The quantitative estimate of drug-likeness (QED) is 0.837. The standard InChI is InChI=1S/C19H27F3N4O/c1-12-9-16(10-17(23-12)19(20,21)22)24-14-3-5-15(6-4-14)25-18(27)13-7-8-26(2)11-13/h9-10,13-15H,3-8,11H2,1-2H3,(H,23,24)(H,25,27)/t13?,14-,15+. The molecule has 2 heterocycles. The number of nitrogens with one attached hydrogen (secondary N) is 2. The Labute approximate surface area is 157 Å². The molecule has 2 aliphatic rings. The first-order valence-corrected chi connectivity index (χ1v) is 9.52. The summed E-state index contributed by atoms with van der Waals surface area (Å²) in [5.41, 5.74) is -0.0707. The number of anilines is 1. The molecule has 0 spiro atoms. The number of pyridine rings is 1. The highest BCUT2D eigenvalue weighted by Gasteiger charge is 2.33. The molecule has 1 saturated heterocycles. The number of carbonyl (C=O) groups is 1. The van der Waals surface area contributed by atoms with Crippen LogP contribution in [0.2, 0.25) is 0 Å². The van der Waals surface area contributed by atoms with Crippen molar-refractivity contribution in [3.63, 3.8) is 0 Å². The second kappa shape index (κ2) is 8.04. The zero-order valence-corrected chi connectivity index (χ0v) is 15.8. The van der Waals surface area contributed by atoms with Crippen LogP contribution in [-0.2, 0) is 11.0 Å². The fraction of sp³-hybridized carbons (Fsp3) is 0.684. The SMILES string of the molecule is Cc1cc(N[C@H]2CC[C@@H](NC(=O)C3CCN(C)C3)CC2)cc(C(F)(F)F)n1. The average molecular weight is 384 g/mol. The van der Waals surface area contributed by atoms with E-state index in [1.807, 2.05) is 7.05 Å². The summed E-state index contributed by atoms with van der Waals surface area (Å²) in [5.74, 6) is 0.210. The summed E-state index contributed by atoms with van der Waals surface area (Å²) in [6.07, 6.45) is -0.234. The fourth-order valence-electron chi connectivity index (χ4n) is 3.98. The monoisotopic (exact) mass is 384 g/mol. The predicted molar refractivity (Wildman–Crippen MR) is 97.4 cm³/mol. The smallest absolute Gasteiger partial charge is 0.382 e. The van der Waals surface area contributed by atoms with Crippen molar-refractivity contribution < 1.29 is 18.0 Å². The molecule has 1 aromatic rings. The van der Waals surface area contributed by atoms with Gasteiger partial charge in [0.05, 0.1) is 5.92 Å². The molecule has 1 atom stereocenters. The third-order valence-corrected chi connectivity index (χ3v) is 5.45. The number of aryl methyl sites for hydroxylation is 1.